The summed E-state index contributed by atoms with van der Waals surface area (Å²) in [5, 5.41) is 17.1. The fourth-order valence-corrected chi connectivity index (χ4v) is 3.34. The van der Waals surface area contributed by atoms with Crippen LogP contribution in [-0.2, 0) is 15.1 Å². The van der Waals surface area contributed by atoms with Crippen molar-refractivity contribution in [1.29, 1.82) is 5.26 Å². The van der Waals surface area contributed by atoms with Crippen molar-refractivity contribution in [3.8, 4) is 11.8 Å². The highest BCUT2D eigenvalue weighted by atomic mass is 19.1. The number of imide groups is 1. The molecule has 1 aliphatic rings. The van der Waals surface area contributed by atoms with Gasteiger partial charge in [0.2, 0.25) is 5.91 Å². The van der Waals surface area contributed by atoms with Crippen LogP contribution < -0.4 is 20.7 Å². The second-order valence-electron chi connectivity index (χ2n) is 7.23. The summed E-state index contributed by atoms with van der Waals surface area (Å²) >= 11 is 0. The normalized spacial score (nSPS) is 17.5. The average Bonchev–Trinajstić information content (AvgIpc) is 3.00. The van der Waals surface area contributed by atoms with Crippen LogP contribution in [0.3, 0.4) is 0 Å². The summed E-state index contributed by atoms with van der Waals surface area (Å²) in [6.45, 7) is 1.48. The predicted octanol–water partition coefficient (Wildman–Crippen LogP) is 1.70. The Bertz CT molecular complexity index is 1080. The SMILES string of the molecule is COc1ccc(C2(C)NC(=O)N(CC(=O)NCCNc3cccc(F)c3C#N)C2=O)cc1. The van der Waals surface area contributed by atoms with Crippen LogP contribution in [0.4, 0.5) is 14.9 Å². The minimum atomic E-state index is -1.30. The second-order valence-corrected chi connectivity index (χ2v) is 7.23. The summed E-state index contributed by atoms with van der Waals surface area (Å²) in [7, 11) is 1.52. The van der Waals surface area contributed by atoms with Crippen LogP contribution in [0.15, 0.2) is 42.5 Å². The Morgan fingerprint density at radius 2 is 1.94 bits per heavy atom. The zero-order chi connectivity index (χ0) is 23.3. The number of nitrogens with one attached hydrogen (secondary N) is 3. The largest absolute Gasteiger partial charge is 0.497 e. The molecule has 1 aliphatic heterocycles. The van der Waals surface area contributed by atoms with E-state index in [0.29, 0.717) is 17.0 Å². The Balaban J connectivity index is 1.55. The van der Waals surface area contributed by atoms with Crippen molar-refractivity contribution in [1.82, 2.24) is 15.5 Å². The number of rotatable bonds is 8. The summed E-state index contributed by atoms with van der Waals surface area (Å²) < 4.78 is 18.7. The molecule has 0 aromatic heterocycles. The monoisotopic (exact) mass is 439 g/mol. The number of hydrogen-bond acceptors (Lipinski definition) is 6. The van der Waals surface area contributed by atoms with E-state index in [1.165, 1.54) is 19.2 Å². The lowest BCUT2D eigenvalue weighted by Gasteiger charge is -2.22. The maximum Gasteiger partial charge on any atom is 0.325 e. The van der Waals surface area contributed by atoms with Crippen LogP contribution in [0, 0.1) is 17.1 Å². The molecule has 10 heteroatoms. The first-order valence-corrected chi connectivity index (χ1v) is 9.78. The predicted molar refractivity (Wildman–Crippen MR) is 113 cm³/mol. The van der Waals surface area contributed by atoms with Gasteiger partial charge >= 0.3 is 6.03 Å². The molecule has 32 heavy (non-hydrogen) atoms. The zero-order valence-corrected chi connectivity index (χ0v) is 17.6. The minimum absolute atomic E-state index is 0.115. The van der Waals surface area contributed by atoms with E-state index in [2.05, 4.69) is 16.0 Å². The van der Waals surface area contributed by atoms with Crippen molar-refractivity contribution in [3.63, 3.8) is 0 Å². The maximum atomic E-state index is 13.6. The van der Waals surface area contributed by atoms with Crippen molar-refractivity contribution in [2.24, 2.45) is 0 Å². The highest BCUT2D eigenvalue weighted by molar-refractivity contribution is 6.09. The molecule has 1 atom stereocenters. The smallest absolute Gasteiger partial charge is 0.325 e. The van der Waals surface area contributed by atoms with Crippen molar-refractivity contribution in [2.45, 2.75) is 12.5 Å². The quantitative estimate of drug-likeness (QED) is 0.425. The van der Waals surface area contributed by atoms with E-state index in [1.54, 1.807) is 43.3 Å². The molecule has 0 bridgehead atoms. The third-order valence-corrected chi connectivity index (χ3v) is 5.13. The summed E-state index contributed by atoms with van der Waals surface area (Å²) in [6.07, 6.45) is 0. The number of nitrogens with zero attached hydrogens (tertiary/aromatic N) is 2. The summed E-state index contributed by atoms with van der Waals surface area (Å²) in [5.74, 6) is -1.10. The van der Waals surface area contributed by atoms with Gasteiger partial charge in [-0.1, -0.05) is 18.2 Å². The number of carbonyl (C=O) groups is 3. The third kappa shape index (κ3) is 4.46. The molecule has 1 saturated heterocycles. The minimum Gasteiger partial charge on any atom is -0.497 e. The van der Waals surface area contributed by atoms with E-state index < -0.39 is 35.7 Å². The van der Waals surface area contributed by atoms with E-state index in [-0.39, 0.29) is 18.7 Å². The van der Waals surface area contributed by atoms with Gasteiger partial charge < -0.3 is 20.7 Å². The lowest BCUT2D eigenvalue weighted by Crippen LogP contribution is -2.43. The number of amides is 4. The standard InChI is InChI=1S/C22H22FN5O4/c1-22(14-6-8-15(32-2)9-7-14)20(30)28(21(31)27-22)13-19(29)26-11-10-25-18-5-3-4-17(23)16(18)12-24/h3-9,25H,10-11,13H2,1-2H3,(H,26,29)(H,27,31). The molecule has 4 amide bonds. The molecule has 2 aromatic rings. The first kappa shape index (κ1) is 22.6. The Hall–Kier alpha value is -4.13. The fourth-order valence-electron chi connectivity index (χ4n) is 3.34. The molecular formula is C22H22FN5O4. The Morgan fingerprint density at radius 1 is 1.22 bits per heavy atom. The fraction of sp³-hybridized carbons (Fsp3) is 0.273. The number of carbonyl (C=O) groups excluding carboxylic acids is 3. The Kier molecular flexibility index (Phi) is 6.59. The number of ether oxygens (including phenoxy) is 1. The topological polar surface area (TPSA) is 124 Å². The number of benzene rings is 2. The second kappa shape index (κ2) is 9.34. The summed E-state index contributed by atoms with van der Waals surface area (Å²) in [4.78, 5) is 38.4. The Morgan fingerprint density at radius 3 is 2.59 bits per heavy atom. The van der Waals surface area contributed by atoms with Crippen LogP contribution in [0.2, 0.25) is 0 Å². The Labute approximate surface area is 184 Å². The first-order chi connectivity index (χ1) is 15.3. The molecule has 2 aromatic carbocycles. The molecule has 1 fully saturated rings. The van der Waals surface area contributed by atoms with E-state index in [4.69, 9.17) is 10.00 Å². The average molecular weight is 439 g/mol. The van der Waals surface area contributed by atoms with Gasteiger partial charge in [-0.15, -0.1) is 0 Å². The van der Waals surface area contributed by atoms with Gasteiger partial charge in [0.05, 0.1) is 12.8 Å². The molecule has 9 nitrogen and oxygen atoms in total. The van der Waals surface area contributed by atoms with Crippen LogP contribution >= 0.6 is 0 Å². The molecule has 0 radical (unpaired) electrons. The van der Waals surface area contributed by atoms with Gasteiger partial charge in [-0.2, -0.15) is 5.26 Å². The molecule has 1 unspecified atom stereocenters. The molecule has 166 valence electrons. The van der Waals surface area contributed by atoms with Crippen molar-refractivity contribution < 1.29 is 23.5 Å². The number of urea groups is 1. The number of methoxy groups -OCH3 is 1. The molecule has 3 rings (SSSR count). The van der Waals surface area contributed by atoms with Crippen molar-refractivity contribution in [2.75, 3.05) is 32.1 Å². The van der Waals surface area contributed by atoms with Crippen molar-refractivity contribution in [3.05, 3.63) is 59.4 Å². The number of halogens is 1. The highest BCUT2D eigenvalue weighted by Crippen LogP contribution is 2.29. The number of hydrogen-bond donors (Lipinski definition) is 3. The molecule has 3 N–H and O–H groups in total. The molecule has 0 spiro atoms. The van der Waals surface area contributed by atoms with E-state index in [0.717, 1.165) is 4.90 Å². The van der Waals surface area contributed by atoms with Gasteiger partial charge in [0.15, 0.2) is 0 Å². The summed E-state index contributed by atoms with van der Waals surface area (Å²) in [6, 6.07) is 12.0. The number of anilines is 1. The van der Waals surface area contributed by atoms with E-state index >= 15 is 0 Å². The van der Waals surface area contributed by atoms with Gasteiger partial charge in [-0.25, -0.2) is 9.18 Å². The zero-order valence-electron chi connectivity index (χ0n) is 17.6. The number of nitriles is 1. The molecule has 1 heterocycles. The molecule has 0 aliphatic carbocycles. The van der Waals surface area contributed by atoms with E-state index in [9.17, 15) is 18.8 Å². The van der Waals surface area contributed by atoms with Crippen LogP contribution in [-0.4, -0.2) is 49.5 Å². The van der Waals surface area contributed by atoms with Crippen molar-refractivity contribution >= 4 is 23.5 Å². The third-order valence-electron chi connectivity index (χ3n) is 5.13. The highest BCUT2D eigenvalue weighted by Gasteiger charge is 2.49. The van der Waals surface area contributed by atoms with E-state index in [1.807, 2.05) is 0 Å². The molecule has 0 saturated carbocycles. The van der Waals surface area contributed by atoms with Gasteiger partial charge in [0.25, 0.3) is 5.91 Å². The van der Waals surface area contributed by atoms with Gasteiger partial charge in [0, 0.05) is 13.1 Å². The summed E-state index contributed by atoms with van der Waals surface area (Å²) in [5.41, 5.74) is -0.537. The molecular weight excluding hydrogens is 417 g/mol. The van der Waals surface area contributed by atoms with Gasteiger partial charge in [-0.3, -0.25) is 14.5 Å². The lowest BCUT2D eigenvalue weighted by atomic mass is 9.92. The lowest BCUT2D eigenvalue weighted by molar-refractivity contribution is -0.134. The van der Waals surface area contributed by atoms with Crippen LogP contribution in [0.1, 0.15) is 18.1 Å². The first-order valence-electron chi connectivity index (χ1n) is 9.78. The van der Waals surface area contributed by atoms with Crippen LogP contribution in [0.25, 0.3) is 0 Å². The van der Waals surface area contributed by atoms with Gasteiger partial charge in [-0.05, 0) is 36.8 Å². The van der Waals surface area contributed by atoms with Crippen LogP contribution in [0.5, 0.6) is 5.75 Å². The maximum absolute atomic E-state index is 13.6. The van der Waals surface area contributed by atoms with Gasteiger partial charge in [0.1, 0.15) is 35.3 Å².